The Morgan fingerprint density at radius 1 is 1.33 bits per heavy atom. The lowest BCUT2D eigenvalue weighted by Gasteiger charge is -2.39. The van der Waals surface area contributed by atoms with Crippen molar-refractivity contribution in [2.24, 2.45) is 0 Å². The molecule has 2 rings (SSSR count). The first-order valence-electron chi connectivity index (χ1n) is 4.72. The Labute approximate surface area is 73.1 Å². The van der Waals surface area contributed by atoms with Crippen molar-refractivity contribution in [2.75, 3.05) is 20.1 Å². The molecule has 0 bridgehead atoms. The Balaban J connectivity index is 2.14. The molecule has 0 radical (unpaired) electrons. The predicted octanol–water partition coefficient (Wildman–Crippen LogP) is 0.361. The third-order valence-electron chi connectivity index (χ3n) is 3.42. The van der Waals surface area contributed by atoms with E-state index in [1.807, 2.05) is 11.9 Å². The molecule has 1 spiro atoms. The number of amides is 1. The molecule has 1 amide bonds. The molecule has 0 aromatic rings. The van der Waals surface area contributed by atoms with Gasteiger partial charge < -0.3 is 10.2 Å². The fourth-order valence-electron chi connectivity index (χ4n) is 2.42. The van der Waals surface area contributed by atoms with Gasteiger partial charge in [-0.3, -0.25) is 4.79 Å². The maximum atomic E-state index is 11.4. The Kier molecular flexibility index (Phi) is 1.83. The fraction of sp³-hybridized carbons (Fsp3) is 0.889. The number of hydrogen-bond donors (Lipinski definition) is 1. The molecule has 3 nitrogen and oxygen atoms in total. The number of likely N-dealkylation sites (tertiary alicyclic amines) is 1. The molecular weight excluding hydrogens is 152 g/mol. The zero-order valence-corrected chi connectivity index (χ0v) is 7.60. The molecule has 0 aromatic carbocycles. The van der Waals surface area contributed by atoms with Crippen molar-refractivity contribution >= 4 is 5.91 Å². The molecule has 2 aliphatic rings. The number of nitrogens with zero attached hydrogens (tertiary/aromatic N) is 1. The molecule has 1 N–H and O–H groups in total. The normalized spacial score (nSPS) is 28.4. The summed E-state index contributed by atoms with van der Waals surface area (Å²) in [6.45, 7) is 2.13. The first-order valence-corrected chi connectivity index (χ1v) is 4.72. The quantitative estimate of drug-likeness (QED) is 0.566. The lowest BCUT2D eigenvalue weighted by molar-refractivity contribution is -0.130. The van der Waals surface area contributed by atoms with E-state index in [9.17, 15) is 4.79 Å². The minimum atomic E-state index is 0.225. The van der Waals surface area contributed by atoms with Crippen LogP contribution in [-0.4, -0.2) is 36.5 Å². The minimum Gasteiger partial charge on any atom is -0.340 e. The summed E-state index contributed by atoms with van der Waals surface area (Å²) >= 11 is 0. The Morgan fingerprint density at radius 2 is 2.00 bits per heavy atom. The predicted molar refractivity (Wildman–Crippen MR) is 46.8 cm³/mol. The standard InChI is InChI=1S/C9H16N2O/c1-11-8(12)2-3-9(11)4-6-10-7-5-9/h10H,2-7H2,1H3. The van der Waals surface area contributed by atoms with Crippen LogP contribution >= 0.6 is 0 Å². The summed E-state index contributed by atoms with van der Waals surface area (Å²) in [6.07, 6.45) is 4.10. The van der Waals surface area contributed by atoms with E-state index in [1.54, 1.807) is 0 Å². The molecule has 2 heterocycles. The molecule has 0 unspecified atom stereocenters. The molecule has 68 valence electrons. The van der Waals surface area contributed by atoms with Gasteiger partial charge >= 0.3 is 0 Å². The maximum Gasteiger partial charge on any atom is 0.222 e. The van der Waals surface area contributed by atoms with Crippen molar-refractivity contribution in [3.05, 3.63) is 0 Å². The monoisotopic (exact) mass is 168 g/mol. The van der Waals surface area contributed by atoms with Crippen LogP contribution in [0.15, 0.2) is 0 Å². The number of hydrogen-bond acceptors (Lipinski definition) is 2. The fourth-order valence-corrected chi connectivity index (χ4v) is 2.42. The van der Waals surface area contributed by atoms with E-state index in [-0.39, 0.29) is 5.54 Å². The molecular formula is C9H16N2O. The van der Waals surface area contributed by atoms with Crippen LogP contribution in [0.4, 0.5) is 0 Å². The van der Waals surface area contributed by atoms with Crippen molar-refractivity contribution < 1.29 is 4.79 Å². The summed E-state index contributed by atoms with van der Waals surface area (Å²) < 4.78 is 0. The summed E-state index contributed by atoms with van der Waals surface area (Å²) in [6, 6.07) is 0. The smallest absolute Gasteiger partial charge is 0.222 e. The average Bonchev–Trinajstić information content (AvgIpc) is 2.37. The van der Waals surface area contributed by atoms with Gasteiger partial charge in [-0.2, -0.15) is 0 Å². The molecule has 0 saturated carbocycles. The van der Waals surface area contributed by atoms with Gasteiger partial charge in [-0.15, -0.1) is 0 Å². The lowest BCUT2D eigenvalue weighted by Crippen LogP contribution is -2.50. The summed E-state index contributed by atoms with van der Waals surface area (Å²) in [7, 11) is 1.96. The molecule has 0 aliphatic carbocycles. The van der Waals surface area contributed by atoms with E-state index < -0.39 is 0 Å². The second-order valence-electron chi connectivity index (χ2n) is 3.93. The van der Waals surface area contributed by atoms with Gasteiger partial charge in [-0.05, 0) is 32.4 Å². The Bertz CT molecular complexity index is 197. The SMILES string of the molecule is CN1C(=O)CCC12CCNCC2. The van der Waals surface area contributed by atoms with Crippen LogP contribution in [-0.2, 0) is 4.79 Å². The van der Waals surface area contributed by atoms with Crippen LogP contribution in [0, 0.1) is 0 Å². The highest BCUT2D eigenvalue weighted by atomic mass is 16.2. The number of nitrogens with one attached hydrogen (secondary N) is 1. The second kappa shape index (κ2) is 2.73. The van der Waals surface area contributed by atoms with Gasteiger partial charge in [0.15, 0.2) is 0 Å². The van der Waals surface area contributed by atoms with Crippen molar-refractivity contribution in [1.82, 2.24) is 10.2 Å². The zero-order valence-electron chi connectivity index (χ0n) is 7.60. The topological polar surface area (TPSA) is 32.3 Å². The van der Waals surface area contributed by atoms with E-state index in [2.05, 4.69) is 5.32 Å². The number of piperidine rings is 1. The highest BCUT2D eigenvalue weighted by Gasteiger charge is 2.43. The largest absolute Gasteiger partial charge is 0.340 e. The van der Waals surface area contributed by atoms with Crippen LogP contribution < -0.4 is 5.32 Å². The van der Waals surface area contributed by atoms with Crippen LogP contribution in [0.3, 0.4) is 0 Å². The average molecular weight is 168 g/mol. The van der Waals surface area contributed by atoms with Gasteiger partial charge in [0, 0.05) is 19.0 Å². The summed E-state index contributed by atoms with van der Waals surface area (Å²) in [4.78, 5) is 13.3. The lowest BCUT2D eigenvalue weighted by atomic mass is 9.86. The molecule has 2 fully saturated rings. The Hall–Kier alpha value is -0.570. The van der Waals surface area contributed by atoms with Crippen LogP contribution in [0.25, 0.3) is 0 Å². The van der Waals surface area contributed by atoms with Crippen molar-refractivity contribution in [2.45, 2.75) is 31.2 Å². The van der Waals surface area contributed by atoms with Gasteiger partial charge in [0.25, 0.3) is 0 Å². The zero-order chi connectivity index (χ0) is 8.60. The molecule has 0 aromatic heterocycles. The van der Waals surface area contributed by atoms with Gasteiger partial charge in [0.2, 0.25) is 5.91 Å². The second-order valence-corrected chi connectivity index (χ2v) is 3.93. The van der Waals surface area contributed by atoms with E-state index >= 15 is 0 Å². The first kappa shape index (κ1) is 8.05. The molecule has 0 atom stereocenters. The highest BCUT2D eigenvalue weighted by Crippen LogP contribution is 2.35. The number of rotatable bonds is 0. The minimum absolute atomic E-state index is 0.225. The first-order chi connectivity index (χ1) is 5.75. The van der Waals surface area contributed by atoms with Crippen molar-refractivity contribution in [3.8, 4) is 0 Å². The number of carbonyl (C=O) groups excluding carboxylic acids is 1. The highest BCUT2D eigenvalue weighted by molar-refractivity contribution is 5.79. The van der Waals surface area contributed by atoms with Crippen LogP contribution in [0.2, 0.25) is 0 Å². The van der Waals surface area contributed by atoms with E-state index in [4.69, 9.17) is 0 Å². The molecule has 3 heteroatoms. The van der Waals surface area contributed by atoms with Gasteiger partial charge in [0.05, 0.1) is 0 Å². The van der Waals surface area contributed by atoms with Gasteiger partial charge in [0.1, 0.15) is 0 Å². The maximum absolute atomic E-state index is 11.4. The van der Waals surface area contributed by atoms with E-state index in [0.29, 0.717) is 5.91 Å². The third-order valence-corrected chi connectivity index (χ3v) is 3.42. The van der Waals surface area contributed by atoms with Crippen LogP contribution in [0.1, 0.15) is 25.7 Å². The van der Waals surface area contributed by atoms with Crippen molar-refractivity contribution in [1.29, 1.82) is 0 Å². The van der Waals surface area contributed by atoms with Gasteiger partial charge in [-0.25, -0.2) is 0 Å². The molecule has 2 saturated heterocycles. The third kappa shape index (κ3) is 1.04. The van der Waals surface area contributed by atoms with E-state index in [0.717, 1.165) is 38.8 Å². The van der Waals surface area contributed by atoms with Crippen molar-refractivity contribution in [3.63, 3.8) is 0 Å². The molecule has 2 aliphatic heterocycles. The summed E-state index contributed by atoms with van der Waals surface area (Å²) in [5, 5.41) is 3.33. The van der Waals surface area contributed by atoms with E-state index in [1.165, 1.54) is 0 Å². The summed E-state index contributed by atoms with van der Waals surface area (Å²) in [5.74, 6) is 0.330. The summed E-state index contributed by atoms with van der Waals surface area (Å²) in [5.41, 5.74) is 0.225. The van der Waals surface area contributed by atoms with Gasteiger partial charge in [-0.1, -0.05) is 0 Å². The number of carbonyl (C=O) groups is 1. The molecule has 12 heavy (non-hydrogen) atoms. The van der Waals surface area contributed by atoms with Crippen LogP contribution in [0.5, 0.6) is 0 Å². The Morgan fingerprint density at radius 3 is 2.50 bits per heavy atom.